The van der Waals surface area contributed by atoms with Gasteiger partial charge in [-0.15, -0.1) is 11.8 Å². The molecular weight excluding hydrogens is 218 g/mol. The van der Waals surface area contributed by atoms with Crippen LogP contribution in [0.15, 0.2) is 41.6 Å². The average Bonchev–Trinajstić information content (AvgIpc) is 2.72. The molecule has 1 heterocycles. The van der Waals surface area contributed by atoms with Crippen LogP contribution in [0.25, 0.3) is 0 Å². The average molecular weight is 233 g/mol. The van der Waals surface area contributed by atoms with Gasteiger partial charge in [0, 0.05) is 30.0 Å². The summed E-state index contributed by atoms with van der Waals surface area (Å²) in [6.07, 6.45) is 5.86. The highest BCUT2D eigenvalue weighted by Gasteiger charge is 2.02. The molecule has 0 aliphatic heterocycles. The first-order valence-corrected chi connectivity index (χ1v) is 6.37. The highest BCUT2D eigenvalue weighted by atomic mass is 32.2. The molecule has 16 heavy (non-hydrogen) atoms. The molecule has 0 saturated carbocycles. The number of anilines is 1. The minimum atomic E-state index is 0.751. The molecule has 84 valence electrons. The van der Waals surface area contributed by atoms with Gasteiger partial charge in [0.05, 0.1) is 6.54 Å². The third-order valence-corrected chi connectivity index (χ3v) is 3.26. The van der Waals surface area contributed by atoms with Gasteiger partial charge in [0.2, 0.25) is 0 Å². The Bertz CT molecular complexity index is 465. The molecule has 0 bridgehead atoms. The van der Waals surface area contributed by atoms with E-state index in [0.717, 1.165) is 18.1 Å². The van der Waals surface area contributed by atoms with Gasteiger partial charge < -0.3 is 9.88 Å². The summed E-state index contributed by atoms with van der Waals surface area (Å²) in [5, 5.41) is 3.40. The Hall–Kier alpha value is -1.42. The van der Waals surface area contributed by atoms with E-state index in [2.05, 4.69) is 34.8 Å². The van der Waals surface area contributed by atoms with Crippen LogP contribution < -0.4 is 5.32 Å². The number of hydrogen-bond donors (Lipinski definition) is 1. The molecule has 0 unspecified atom stereocenters. The highest BCUT2D eigenvalue weighted by molar-refractivity contribution is 7.98. The van der Waals surface area contributed by atoms with Crippen molar-refractivity contribution in [3.8, 4) is 0 Å². The molecule has 0 amide bonds. The fourth-order valence-corrected chi connectivity index (χ4v) is 2.11. The van der Waals surface area contributed by atoms with Crippen LogP contribution in [0.3, 0.4) is 0 Å². The summed E-state index contributed by atoms with van der Waals surface area (Å²) in [6, 6.07) is 8.30. The fourth-order valence-electron chi connectivity index (χ4n) is 1.53. The Kier molecular flexibility index (Phi) is 3.51. The van der Waals surface area contributed by atoms with Crippen LogP contribution in [0.5, 0.6) is 0 Å². The van der Waals surface area contributed by atoms with Crippen molar-refractivity contribution in [2.24, 2.45) is 7.05 Å². The van der Waals surface area contributed by atoms with Crippen molar-refractivity contribution in [1.29, 1.82) is 0 Å². The van der Waals surface area contributed by atoms with E-state index in [0.29, 0.717) is 0 Å². The lowest BCUT2D eigenvalue weighted by atomic mass is 10.3. The zero-order valence-electron chi connectivity index (χ0n) is 9.47. The predicted molar refractivity (Wildman–Crippen MR) is 68.8 cm³/mol. The number of aromatic nitrogens is 2. The molecule has 0 atom stereocenters. The van der Waals surface area contributed by atoms with E-state index in [1.165, 1.54) is 4.90 Å². The lowest BCUT2D eigenvalue weighted by Gasteiger charge is -2.09. The Morgan fingerprint density at radius 2 is 2.19 bits per heavy atom. The molecule has 0 saturated heterocycles. The van der Waals surface area contributed by atoms with E-state index in [4.69, 9.17) is 0 Å². The summed E-state index contributed by atoms with van der Waals surface area (Å²) >= 11 is 1.75. The summed E-state index contributed by atoms with van der Waals surface area (Å²) in [4.78, 5) is 5.54. The second kappa shape index (κ2) is 5.07. The number of thioether (sulfide) groups is 1. The quantitative estimate of drug-likeness (QED) is 0.824. The number of nitrogens with one attached hydrogen (secondary N) is 1. The first kappa shape index (κ1) is 11.1. The number of benzene rings is 1. The van der Waals surface area contributed by atoms with E-state index in [1.807, 2.05) is 30.1 Å². The van der Waals surface area contributed by atoms with Crippen molar-refractivity contribution in [2.45, 2.75) is 11.4 Å². The second-order valence-corrected chi connectivity index (χ2v) is 4.36. The van der Waals surface area contributed by atoms with Crippen molar-refractivity contribution in [3.05, 3.63) is 42.5 Å². The Labute approximate surface area is 99.9 Å². The zero-order valence-corrected chi connectivity index (χ0v) is 10.3. The molecule has 0 aliphatic carbocycles. The molecule has 2 aromatic rings. The largest absolute Gasteiger partial charge is 0.377 e. The van der Waals surface area contributed by atoms with Crippen molar-refractivity contribution < 1.29 is 0 Å². The monoisotopic (exact) mass is 233 g/mol. The Morgan fingerprint density at radius 3 is 2.88 bits per heavy atom. The Morgan fingerprint density at radius 1 is 1.38 bits per heavy atom. The maximum Gasteiger partial charge on any atom is 0.127 e. The molecule has 1 aromatic carbocycles. The maximum absolute atomic E-state index is 4.28. The van der Waals surface area contributed by atoms with Crippen LogP contribution in [0, 0.1) is 0 Å². The summed E-state index contributed by atoms with van der Waals surface area (Å²) in [6.45, 7) is 0.751. The van der Waals surface area contributed by atoms with Crippen LogP contribution in [-0.4, -0.2) is 15.8 Å². The molecule has 2 rings (SSSR count). The van der Waals surface area contributed by atoms with E-state index in [9.17, 15) is 0 Å². The van der Waals surface area contributed by atoms with Crippen molar-refractivity contribution >= 4 is 17.4 Å². The van der Waals surface area contributed by atoms with Gasteiger partial charge in [0.1, 0.15) is 5.82 Å². The van der Waals surface area contributed by atoms with Crippen molar-refractivity contribution in [2.75, 3.05) is 11.6 Å². The van der Waals surface area contributed by atoms with Gasteiger partial charge in [-0.2, -0.15) is 0 Å². The second-order valence-electron chi connectivity index (χ2n) is 3.51. The smallest absolute Gasteiger partial charge is 0.127 e. The first-order chi connectivity index (χ1) is 7.81. The van der Waals surface area contributed by atoms with E-state index >= 15 is 0 Å². The number of hydrogen-bond acceptors (Lipinski definition) is 3. The van der Waals surface area contributed by atoms with Gasteiger partial charge in [-0.25, -0.2) is 4.98 Å². The lowest BCUT2D eigenvalue weighted by molar-refractivity contribution is 0.812. The van der Waals surface area contributed by atoms with Crippen LogP contribution in [0.1, 0.15) is 5.82 Å². The fraction of sp³-hybridized carbons (Fsp3) is 0.250. The van der Waals surface area contributed by atoms with Gasteiger partial charge in [0.25, 0.3) is 0 Å². The van der Waals surface area contributed by atoms with Crippen LogP contribution in [0.2, 0.25) is 0 Å². The molecule has 0 fully saturated rings. The van der Waals surface area contributed by atoms with Crippen LogP contribution in [0.4, 0.5) is 5.69 Å². The van der Waals surface area contributed by atoms with Crippen LogP contribution in [-0.2, 0) is 13.6 Å². The van der Waals surface area contributed by atoms with Gasteiger partial charge in [0.15, 0.2) is 0 Å². The number of nitrogens with zero attached hydrogens (tertiary/aromatic N) is 2. The topological polar surface area (TPSA) is 29.9 Å². The molecule has 3 nitrogen and oxygen atoms in total. The summed E-state index contributed by atoms with van der Waals surface area (Å²) in [5.74, 6) is 1.04. The zero-order chi connectivity index (χ0) is 11.4. The van der Waals surface area contributed by atoms with Gasteiger partial charge in [-0.3, -0.25) is 0 Å². The summed E-state index contributed by atoms with van der Waals surface area (Å²) in [7, 11) is 2.00. The minimum Gasteiger partial charge on any atom is -0.377 e. The highest BCUT2D eigenvalue weighted by Crippen LogP contribution is 2.24. The van der Waals surface area contributed by atoms with Crippen molar-refractivity contribution in [1.82, 2.24) is 9.55 Å². The minimum absolute atomic E-state index is 0.751. The summed E-state index contributed by atoms with van der Waals surface area (Å²) in [5.41, 5.74) is 1.16. The number of imidazole rings is 1. The summed E-state index contributed by atoms with van der Waals surface area (Å²) < 4.78 is 2.02. The Balaban J connectivity index is 2.07. The molecular formula is C12H15N3S. The molecule has 1 aromatic heterocycles. The van der Waals surface area contributed by atoms with Gasteiger partial charge in [-0.05, 0) is 18.4 Å². The molecule has 0 radical (unpaired) electrons. The molecule has 0 spiro atoms. The lowest BCUT2D eigenvalue weighted by Crippen LogP contribution is -2.06. The first-order valence-electron chi connectivity index (χ1n) is 5.14. The van der Waals surface area contributed by atoms with Gasteiger partial charge >= 0.3 is 0 Å². The SMILES string of the molecule is CSc1ccccc1NCc1nccn1C. The third-order valence-electron chi connectivity index (χ3n) is 2.46. The maximum atomic E-state index is 4.28. The number of aryl methyl sites for hydroxylation is 1. The van der Waals surface area contributed by atoms with E-state index in [1.54, 1.807) is 11.8 Å². The predicted octanol–water partition coefficient (Wildman–Crippen LogP) is 2.75. The molecule has 1 N–H and O–H groups in total. The standard InChI is InChI=1S/C12H15N3S/c1-15-8-7-13-12(15)9-14-10-5-3-4-6-11(10)16-2/h3-8,14H,9H2,1-2H3. The number of para-hydroxylation sites is 1. The number of rotatable bonds is 4. The molecule has 0 aliphatic rings. The van der Waals surface area contributed by atoms with E-state index in [-0.39, 0.29) is 0 Å². The van der Waals surface area contributed by atoms with Gasteiger partial charge in [-0.1, -0.05) is 12.1 Å². The van der Waals surface area contributed by atoms with Crippen molar-refractivity contribution in [3.63, 3.8) is 0 Å². The van der Waals surface area contributed by atoms with E-state index < -0.39 is 0 Å². The molecule has 4 heteroatoms. The normalized spacial score (nSPS) is 10.4. The third kappa shape index (κ3) is 2.39. The van der Waals surface area contributed by atoms with Crippen LogP contribution >= 0.6 is 11.8 Å².